The summed E-state index contributed by atoms with van der Waals surface area (Å²) >= 11 is 2.34. The molecule has 0 fully saturated rings. The Morgan fingerprint density at radius 3 is 2.67 bits per heavy atom. The van der Waals surface area contributed by atoms with E-state index < -0.39 is 17.2 Å². The summed E-state index contributed by atoms with van der Waals surface area (Å²) in [5.41, 5.74) is 1.29. The molecule has 3 rings (SSSR count). The zero-order valence-electron chi connectivity index (χ0n) is 14.6. The second-order valence-corrected chi connectivity index (χ2v) is 7.76. The Kier molecular flexibility index (Phi) is 5.47. The van der Waals surface area contributed by atoms with Gasteiger partial charge in [-0.2, -0.15) is 0 Å². The molecule has 3 aromatic rings. The minimum atomic E-state index is -0.671. The van der Waals surface area contributed by atoms with Crippen LogP contribution < -0.4 is 22.0 Å². The maximum Gasteiger partial charge on any atom is 0.321 e. The van der Waals surface area contributed by atoms with Crippen molar-refractivity contribution in [1.29, 1.82) is 0 Å². The summed E-state index contributed by atoms with van der Waals surface area (Å²) in [5.74, 6) is 5.44. The van der Waals surface area contributed by atoms with Crippen LogP contribution in [-0.2, 0) is 4.79 Å². The van der Waals surface area contributed by atoms with E-state index >= 15 is 0 Å². The van der Waals surface area contributed by atoms with E-state index in [0.717, 1.165) is 27.6 Å². The van der Waals surface area contributed by atoms with Crippen molar-refractivity contribution in [2.75, 3.05) is 12.9 Å². The predicted octanol–water partition coefficient (Wildman–Crippen LogP) is 1.77. The van der Waals surface area contributed by atoms with Crippen molar-refractivity contribution in [2.45, 2.75) is 17.3 Å². The van der Waals surface area contributed by atoms with Gasteiger partial charge in [-0.15, -0.1) is 11.3 Å². The molecule has 0 aliphatic carbocycles. The number of nitrogen functional groups attached to an aromatic ring is 1. The van der Waals surface area contributed by atoms with Crippen LogP contribution in [0.4, 0.5) is 4.79 Å². The Hall–Kier alpha value is -2.85. The molecule has 140 valence electrons. The first-order chi connectivity index (χ1) is 12.9. The van der Waals surface area contributed by atoms with Gasteiger partial charge in [-0.25, -0.2) is 14.5 Å². The first-order valence-electron chi connectivity index (χ1n) is 7.96. The molecule has 0 saturated carbocycles. The van der Waals surface area contributed by atoms with Gasteiger partial charge in [-0.1, -0.05) is 42.1 Å². The molecule has 0 aliphatic heterocycles. The Balaban J connectivity index is 1.95. The van der Waals surface area contributed by atoms with Crippen LogP contribution in [0.3, 0.4) is 0 Å². The van der Waals surface area contributed by atoms with Crippen LogP contribution >= 0.6 is 23.1 Å². The number of benzene rings is 1. The van der Waals surface area contributed by atoms with Gasteiger partial charge in [-0.3, -0.25) is 14.9 Å². The van der Waals surface area contributed by atoms with E-state index in [-0.39, 0.29) is 10.7 Å². The molecule has 1 aromatic carbocycles. The summed E-state index contributed by atoms with van der Waals surface area (Å²) < 4.78 is 0.940. The van der Waals surface area contributed by atoms with Crippen LogP contribution in [0.2, 0.25) is 0 Å². The van der Waals surface area contributed by atoms with Crippen LogP contribution in [0.15, 0.2) is 45.7 Å². The van der Waals surface area contributed by atoms with Crippen molar-refractivity contribution < 1.29 is 9.59 Å². The number of carbonyl (C=O) groups is 2. The lowest BCUT2D eigenvalue weighted by Gasteiger charge is -2.12. The second kappa shape index (κ2) is 7.80. The second-order valence-electron chi connectivity index (χ2n) is 5.59. The number of hydrogen-bond acceptors (Lipinski definition) is 7. The summed E-state index contributed by atoms with van der Waals surface area (Å²) in [5, 5.41) is 6.33. The summed E-state index contributed by atoms with van der Waals surface area (Å²) in [6, 6.07) is 8.91. The average molecular weight is 403 g/mol. The molecule has 0 radical (unpaired) electrons. The minimum absolute atomic E-state index is 0.202. The summed E-state index contributed by atoms with van der Waals surface area (Å²) in [6.45, 7) is 1.60. The Labute approximate surface area is 162 Å². The highest BCUT2D eigenvalue weighted by atomic mass is 32.2. The molecular formula is C17H17N5O3S2. The average Bonchev–Trinajstić information content (AvgIpc) is 3.10. The molecule has 0 aliphatic rings. The standard InChI is InChI=1S/C17H17N5O3S2/c1-9(13(23)20-16(25)19-2)27-17-21-14-12(15(24)22(17)18)11(8-26-14)10-6-4-3-5-7-10/h3-9H,18H2,1-2H3,(H2,19,20,23,25)/t9-/m0/s1. The fraction of sp³-hybridized carbons (Fsp3) is 0.176. The van der Waals surface area contributed by atoms with E-state index in [1.807, 2.05) is 35.7 Å². The van der Waals surface area contributed by atoms with E-state index in [0.29, 0.717) is 10.2 Å². The van der Waals surface area contributed by atoms with Gasteiger partial charge < -0.3 is 11.2 Å². The SMILES string of the molecule is CNC(=O)NC(=O)[C@H](C)Sc1nc2scc(-c3ccccc3)c2c(=O)n1N. The van der Waals surface area contributed by atoms with E-state index in [9.17, 15) is 14.4 Å². The third-order valence-electron chi connectivity index (χ3n) is 3.81. The fourth-order valence-corrected chi connectivity index (χ4v) is 4.20. The highest BCUT2D eigenvalue weighted by Crippen LogP contribution is 2.32. The zero-order chi connectivity index (χ0) is 19.6. The van der Waals surface area contributed by atoms with Crippen molar-refractivity contribution in [3.8, 4) is 11.1 Å². The minimum Gasteiger partial charge on any atom is -0.341 e. The number of thiophene rings is 1. The van der Waals surface area contributed by atoms with Crippen molar-refractivity contribution in [1.82, 2.24) is 20.3 Å². The van der Waals surface area contributed by atoms with Crippen molar-refractivity contribution >= 4 is 45.3 Å². The molecule has 10 heteroatoms. The lowest BCUT2D eigenvalue weighted by atomic mass is 10.1. The van der Waals surface area contributed by atoms with E-state index in [1.54, 1.807) is 6.92 Å². The highest BCUT2D eigenvalue weighted by Gasteiger charge is 2.21. The smallest absolute Gasteiger partial charge is 0.321 e. The highest BCUT2D eigenvalue weighted by molar-refractivity contribution is 8.00. The monoisotopic (exact) mass is 403 g/mol. The molecule has 3 amide bonds. The number of fused-ring (bicyclic) bond motifs is 1. The van der Waals surface area contributed by atoms with Gasteiger partial charge >= 0.3 is 6.03 Å². The maximum absolute atomic E-state index is 12.8. The maximum atomic E-state index is 12.8. The van der Waals surface area contributed by atoms with Gasteiger partial charge in [0.25, 0.3) is 5.56 Å². The number of hydrogen-bond donors (Lipinski definition) is 3. The number of urea groups is 1. The molecule has 8 nitrogen and oxygen atoms in total. The number of carbonyl (C=O) groups excluding carboxylic acids is 2. The zero-order valence-corrected chi connectivity index (χ0v) is 16.2. The van der Waals surface area contributed by atoms with E-state index in [1.165, 1.54) is 18.4 Å². The molecule has 0 bridgehead atoms. The number of nitrogens with zero attached hydrogens (tertiary/aromatic N) is 2. The molecule has 1 atom stereocenters. The molecule has 4 N–H and O–H groups in total. The number of nitrogens with two attached hydrogens (primary N) is 1. The molecule has 27 heavy (non-hydrogen) atoms. The molecule has 0 saturated heterocycles. The Morgan fingerprint density at radius 1 is 1.30 bits per heavy atom. The van der Waals surface area contributed by atoms with Gasteiger partial charge in [0.1, 0.15) is 4.83 Å². The number of aromatic nitrogens is 2. The molecule has 0 spiro atoms. The van der Waals surface area contributed by atoms with Gasteiger partial charge in [0, 0.05) is 18.0 Å². The summed E-state index contributed by atoms with van der Waals surface area (Å²) in [6.07, 6.45) is 0. The van der Waals surface area contributed by atoms with Crippen molar-refractivity contribution in [3.05, 3.63) is 46.1 Å². The third-order valence-corrected chi connectivity index (χ3v) is 5.75. The topological polar surface area (TPSA) is 119 Å². The van der Waals surface area contributed by atoms with Crippen LogP contribution in [0, 0.1) is 0 Å². The quantitative estimate of drug-likeness (QED) is 0.347. The normalized spacial score (nSPS) is 11.9. The van der Waals surface area contributed by atoms with Crippen LogP contribution in [0.5, 0.6) is 0 Å². The summed E-state index contributed by atoms with van der Waals surface area (Å²) in [4.78, 5) is 41.1. The fourth-order valence-electron chi connectivity index (χ4n) is 2.39. The molecule has 0 unspecified atom stereocenters. The number of thioether (sulfide) groups is 1. The number of amides is 3. The number of imide groups is 1. The number of nitrogens with one attached hydrogen (secondary N) is 2. The Bertz CT molecular complexity index is 1060. The number of rotatable bonds is 4. The van der Waals surface area contributed by atoms with Crippen molar-refractivity contribution in [2.24, 2.45) is 0 Å². The van der Waals surface area contributed by atoms with Crippen LogP contribution in [0.1, 0.15) is 6.92 Å². The molecular weight excluding hydrogens is 386 g/mol. The molecule has 2 heterocycles. The van der Waals surface area contributed by atoms with Crippen molar-refractivity contribution in [3.63, 3.8) is 0 Å². The largest absolute Gasteiger partial charge is 0.341 e. The molecule has 2 aromatic heterocycles. The Morgan fingerprint density at radius 2 is 2.00 bits per heavy atom. The van der Waals surface area contributed by atoms with Gasteiger partial charge in [0.2, 0.25) is 5.91 Å². The van der Waals surface area contributed by atoms with Crippen LogP contribution in [0.25, 0.3) is 21.3 Å². The lowest BCUT2D eigenvalue weighted by molar-refractivity contribution is -0.119. The van der Waals surface area contributed by atoms with Crippen LogP contribution in [-0.4, -0.2) is 33.9 Å². The van der Waals surface area contributed by atoms with Gasteiger partial charge in [0.05, 0.1) is 10.6 Å². The van der Waals surface area contributed by atoms with Gasteiger partial charge in [-0.05, 0) is 12.5 Å². The predicted molar refractivity (Wildman–Crippen MR) is 107 cm³/mol. The van der Waals surface area contributed by atoms with Gasteiger partial charge in [0.15, 0.2) is 5.16 Å². The third kappa shape index (κ3) is 3.81. The summed E-state index contributed by atoms with van der Waals surface area (Å²) in [7, 11) is 1.41. The van der Waals surface area contributed by atoms with E-state index in [2.05, 4.69) is 15.6 Å². The van der Waals surface area contributed by atoms with E-state index in [4.69, 9.17) is 5.84 Å². The first kappa shape index (κ1) is 18.9. The first-order valence-corrected chi connectivity index (χ1v) is 9.72. The lowest BCUT2D eigenvalue weighted by Crippen LogP contribution is -2.41.